The molecule has 13 heteroatoms. The van der Waals surface area contributed by atoms with E-state index in [0.29, 0.717) is 44.2 Å². The summed E-state index contributed by atoms with van der Waals surface area (Å²) in [5.74, 6) is 0.533. The maximum Gasteiger partial charge on any atom is 0.416 e. The third-order valence-electron chi connectivity index (χ3n) is 6.04. The molecule has 0 saturated carbocycles. The van der Waals surface area contributed by atoms with Gasteiger partial charge in [0.1, 0.15) is 11.9 Å². The predicted octanol–water partition coefficient (Wildman–Crippen LogP) is 3.90. The maximum absolute atomic E-state index is 12.9. The molecular formula is C25H27ClF3N7O2. The number of ether oxygens (including phenoxy) is 1. The highest BCUT2D eigenvalue weighted by Gasteiger charge is 2.31. The van der Waals surface area contributed by atoms with E-state index < -0.39 is 11.7 Å². The monoisotopic (exact) mass is 549 g/mol. The highest BCUT2D eigenvalue weighted by atomic mass is 35.5. The number of nitrogen functional groups attached to an aromatic ring is 1. The zero-order valence-electron chi connectivity index (χ0n) is 20.6. The van der Waals surface area contributed by atoms with Crippen molar-refractivity contribution in [2.45, 2.75) is 31.9 Å². The minimum Gasteiger partial charge on any atom is -0.399 e. The predicted molar refractivity (Wildman–Crippen MR) is 136 cm³/mol. The molecule has 38 heavy (non-hydrogen) atoms. The molecule has 2 aliphatic rings. The smallest absolute Gasteiger partial charge is 0.399 e. The molecule has 0 radical (unpaired) electrons. The van der Waals surface area contributed by atoms with Gasteiger partial charge in [-0.2, -0.15) is 13.2 Å². The summed E-state index contributed by atoms with van der Waals surface area (Å²) in [6.07, 6.45) is -0.0999. The first-order valence-corrected chi connectivity index (χ1v) is 12.2. The van der Waals surface area contributed by atoms with Crippen LogP contribution in [0.2, 0.25) is 5.28 Å². The van der Waals surface area contributed by atoms with E-state index in [2.05, 4.69) is 20.3 Å². The standard InChI is InChI=1S/C15H15ClF3N5.C10H12N2O2/c1-24-6-11-12(7-24)22-14(16)23-13(11)21-5-8-2-9(15(17,18)19)4-10(20)3-8;13-8-12-5-6-14-10(7-12)9-1-3-11-4-2-9/h2-4H,5-7,20H2,1H3,(H,21,22,23);1-4,8,10H,5-7H2. The van der Waals surface area contributed by atoms with Crippen LogP contribution in [-0.2, 0) is 35.3 Å². The number of morpholine rings is 1. The Kier molecular flexibility index (Phi) is 8.65. The van der Waals surface area contributed by atoms with E-state index in [4.69, 9.17) is 22.1 Å². The summed E-state index contributed by atoms with van der Waals surface area (Å²) in [5.41, 5.74) is 8.08. The SMILES string of the molecule is CN1Cc2nc(Cl)nc(NCc3cc(N)cc(C(F)(F)F)c3)c2C1.O=CN1CCOC(c2ccncc2)C1. The van der Waals surface area contributed by atoms with E-state index in [0.717, 1.165) is 35.4 Å². The van der Waals surface area contributed by atoms with Gasteiger partial charge in [0.05, 0.1) is 24.4 Å². The van der Waals surface area contributed by atoms with Crippen molar-refractivity contribution < 1.29 is 22.7 Å². The number of fused-ring (bicyclic) bond motifs is 1. The number of hydrogen-bond donors (Lipinski definition) is 2. The molecule has 2 aromatic heterocycles. The van der Waals surface area contributed by atoms with E-state index in [9.17, 15) is 18.0 Å². The number of nitrogens with zero attached hydrogens (tertiary/aromatic N) is 5. The fourth-order valence-corrected chi connectivity index (χ4v) is 4.43. The van der Waals surface area contributed by atoms with E-state index >= 15 is 0 Å². The lowest BCUT2D eigenvalue weighted by molar-refractivity contribution is -0.137. The number of pyridine rings is 1. The van der Waals surface area contributed by atoms with Crippen molar-refractivity contribution in [1.29, 1.82) is 0 Å². The molecule has 202 valence electrons. The second-order valence-corrected chi connectivity index (χ2v) is 9.33. The van der Waals surface area contributed by atoms with Gasteiger partial charge in [-0.3, -0.25) is 14.7 Å². The number of rotatable bonds is 5. The van der Waals surface area contributed by atoms with Gasteiger partial charge >= 0.3 is 6.18 Å². The van der Waals surface area contributed by atoms with Gasteiger partial charge in [0.2, 0.25) is 11.7 Å². The van der Waals surface area contributed by atoms with Gasteiger partial charge in [-0.15, -0.1) is 0 Å². The topological polar surface area (TPSA) is 110 Å². The number of anilines is 2. The number of carbonyl (C=O) groups excluding carboxylic acids is 1. The lowest BCUT2D eigenvalue weighted by Gasteiger charge is -2.30. The van der Waals surface area contributed by atoms with E-state index in [1.54, 1.807) is 17.3 Å². The zero-order chi connectivity index (χ0) is 27.3. The van der Waals surface area contributed by atoms with Crippen LogP contribution in [-0.4, -0.2) is 57.9 Å². The molecule has 0 bridgehead atoms. The fourth-order valence-electron chi connectivity index (χ4n) is 4.24. The number of halogens is 4. The Morgan fingerprint density at radius 3 is 2.68 bits per heavy atom. The summed E-state index contributed by atoms with van der Waals surface area (Å²) in [4.78, 5) is 26.6. The van der Waals surface area contributed by atoms with Crippen LogP contribution in [0.3, 0.4) is 0 Å². The summed E-state index contributed by atoms with van der Waals surface area (Å²) >= 11 is 5.92. The van der Waals surface area contributed by atoms with Crippen molar-refractivity contribution in [3.8, 4) is 0 Å². The molecule has 1 amide bonds. The number of alkyl halides is 3. The first-order valence-electron chi connectivity index (χ1n) is 11.8. The van der Waals surface area contributed by atoms with E-state index in [1.807, 2.05) is 24.1 Å². The third-order valence-corrected chi connectivity index (χ3v) is 6.21. The minimum atomic E-state index is -4.44. The van der Waals surface area contributed by atoms with Crippen LogP contribution in [0.1, 0.15) is 34.1 Å². The Labute approximate surface area is 222 Å². The van der Waals surface area contributed by atoms with Gasteiger partial charge in [-0.1, -0.05) is 0 Å². The number of hydrogen-bond acceptors (Lipinski definition) is 8. The number of benzene rings is 1. The summed E-state index contributed by atoms with van der Waals surface area (Å²) in [5, 5.41) is 3.15. The largest absolute Gasteiger partial charge is 0.416 e. The van der Waals surface area contributed by atoms with Crippen molar-refractivity contribution in [1.82, 2.24) is 24.8 Å². The zero-order valence-corrected chi connectivity index (χ0v) is 21.3. The molecule has 4 heterocycles. The minimum absolute atomic E-state index is 0.00282. The molecule has 5 rings (SSSR count). The number of aromatic nitrogens is 3. The molecule has 1 fully saturated rings. The van der Waals surface area contributed by atoms with Crippen LogP contribution in [0.4, 0.5) is 24.7 Å². The van der Waals surface area contributed by atoms with Gasteiger partial charge < -0.3 is 20.7 Å². The average molecular weight is 550 g/mol. The Hall–Kier alpha value is -3.48. The summed E-state index contributed by atoms with van der Waals surface area (Å²) in [6.45, 7) is 3.38. The number of carbonyl (C=O) groups is 1. The average Bonchev–Trinajstić information content (AvgIpc) is 3.27. The molecule has 3 aromatic rings. The van der Waals surface area contributed by atoms with E-state index in [-0.39, 0.29) is 23.6 Å². The Balaban J connectivity index is 0.000000204. The van der Waals surface area contributed by atoms with Crippen molar-refractivity contribution >= 4 is 29.5 Å². The number of nitrogens with one attached hydrogen (secondary N) is 1. The van der Waals surface area contributed by atoms with Gasteiger partial charge in [0.25, 0.3) is 0 Å². The molecule has 1 unspecified atom stereocenters. The van der Waals surface area contributed by atoms with Crippen LogP contribution in [0.5, 0.6) is 0 Å². The molecular weight excluding hydrogens is 523 g/mol. The summed E-state index contributed by atoms with van der Waals surface area (Å²) < 4.78 is 44.2. The number of nitrogens with two attached hydrogens (primary N) is 1. The summed E-state index contributed by atoms with van der Waals surface area (Å²) in [7, 11) is 1.94. The van der Waals surface area contributed by atoms with Crippen LogP contribution in [0, 0.1) is 0 Å². The molecule has 1 saturated heterocycles. The summed E-state index contributed by atoms with van der Waals surface area (Å²) in [6, 6.07) is 7.31. The van der Waals surface area contributed by atoms with Gasteiger partial charge in [0, 0.05) is 49.8 Å². The quantitative estimate of drug-likeness (QED) is 0.280. The lowest BCUT2D eigenvalue weighted by Crippen LogP contribution is -2.37. The maximum atomic E-state index is 12.9. The highest BCUT2D eigenvalue weighted by molar-refractivity contribution is 6.28. The Bertz CT molecular complexity index is 1260. The molecule has 1 aromatic carbocycles. The van der Waals surface area contributed by atoms with Gasteiger partial charge in [0.15, 0.2) is 0 Å². The molecule has 0 aliphatic carbocycles. The molecule has 9 nitrogen and oxygen atoms in total. The highest BCUT2D eigenvalue weighted by Crippen LogP contribution is 2.32. The molecule has 3 N–H and O–H groups in total. The number of amides is 1. The van der Waals surface area contributed by atoms with Crippen molar-refractivity contribution in [3.63, 3.8) is 0 Å². The Morgan fingerprint density at radius 2 is 1.97 bits per heavy atom. The molecule has 2 aliphatic heterocycles. The van der Waals surface area contributed by atoms with Crippen LogP contribution < -0.4 is 11.1 Å². The van der Waals surface area contributed by atoms with Crippen LogP contribution >= 0.6 is 11.6 Å². The van der Waals surface area contributed by atoms with Crippen molar-refractivity contribution in [2.24, 2.45) is 0 Å². The normalized spacial score (nSPS) is 17.4. The molecule has 0 spiro atoms. The third kappa shape index (κ3) is 7.09. The van der Waals surface area contributed by atoms with E-state index in [1.165, 1.54) is 6.07 Å². The first-order chi connectivity index (χ1) is 18.1. The fraction of sp³-hybridized carbons (Fsp3) is 0.360. The van der Waals surface area contributed by atoms with Crippen LogP contribution in [0.25, 0.3) is 0 Å². The second kappa shape index (κ2) is 11.9. The Morgan fingerprint density at radius 1 is 1.21 bits per heavy atom. The lowest BCUT2D eigenvalue weighted by atomic mass is 10.1. The molecule has 1 atom stereocenters. The van der Waals surface area contributed by atoms with Crippen molar-refractivity contribution in [2.75, 3.05) is 37.8 Å². The van der Waals surface area contributed by atoms with Gasteiger partial charge in [-0.05, 0) is 60.1 Å². The van der Waals surface area contributed by atoms with Crippen molar-refractivity contribution in [3.05, 3.63) is 76.0 Å². The second-order valence-electron chi connectivity index (χ2n) is 8.99. The van der Waals surface area contributed by atoms with Gasteiger partial charge in [-0.25, -0.2) is 9.97 Å². The van der Waals surface area contributed by atoms with Crippen LogP contribution in [0.15, 0.2) is 42.7 Å². The first kappa shape index (κ1) is 27.6.